The van der Waals surface area contributed by atoms with Crippen molar-refractivity contribution in [1.29, 1.82) is 0 Å². The molecule has 1 aliphatic carbocycles. The summed E-state index contributed by atoms with van der Waals surface area (Å²) in [5.41, 5.74) is 0.810. The molecule has 2 aromatic heterocycles. The number of hydrogen-bond acceptors (Lipinski definition) is 5. The van der Waals surface area contributed by atoms with Crippen LogP contribution in [0.1, 0.15) is 43.4 Å². The second-order valence-electron chi connectivity index (χ2n) is 5.05. The molecule has 1 N–H and O–H groups in total. The highest BCUT2D eigenvalue weighted by molar-refractivity contribution is 5.48. The first-order valence-corrected chi connectivity index (χ1v) is 6.45. The van der Waals surface area contributed by atoms with Crippen LogP contribution in [0.4, 0.5) is 0 Å². The number of nitrogens with one attached hydrogen (secondary N) is 1. The molecule has 1 fully saturated rings. The molecule has 94 valence electrons. The quantitative estimate of drug-likeness (QED) is 0.867. The highest BCUT2D eigenvalue weighted by atomic mass is 16.3. The summed E-state index contributed by atoms with van der Waals surface area (Å²) in [7, 11) is 0. The van der Waals surface area contributed by atoms with Gasteiger partial charge in [-0.15, -0.1) is 10.2 Å². The fourth-order valence-corrected chi connectivity index (χ4v) is 2.44. The van der Waals surface area contributed by atoms with Crippen molar-refractivity contribution in [3.8, 4) is 11.5 Å². The van der Waals surface area contributed by atoms with E-state index in [0.29, 0.717) is 5.92 Å². The molecule has 0 bridgehead atoms. The van der Waals surface area contributed by atoms with Crippen molar-refractivity contribution in [1.82, 2.24) is 25.1 Å². The van der Waals surface area contributed by atoms with Gasteiger partial charge in [0.1, 0.15) is 17.8 Å². The predicted octanol–water partition coefficient (Wildman–Crippen LogP) is 1.47. The summed E-state index contributed by atoms with van der Waals surface area (Å²) >= 11 is 0. The monoisotopic (exact) mass is 245 g/mol. The summed E-state index contributed by atoms with van der Waals surface area (Å²) in [4.78, 5) is 4.54. The smallest absolute Gasteiger partial charge is 0.197 e. The minimum atomic E-state index is 0.245. The maximum absolute atomic E-state index is 5.52. The Morgan fingerprint density at radius 1 is 1.39 bits per heavy atom. The average Bonchev–Trinajstić information content (AvgIpc) is 2.95. The van der Waals surface area contributed by atoms with Crippen molar-refractivity contribution >= 4 is 0 Å². The van der Waals surface area contributed by atoms with Gasteiger partial charge in [0.15, 0.2) is 11.7 Å². The van der Waals surface area contributed by atoms with Crippen molar-refractivity contribution in [2.24, 2.45) is 0 Å². The molecule has 0 amide bonds. The Morgan fingerprint density at radius 2 is 2.28 bits per heavy atom. The van der Waals surface area contributed by atoms with Crippen molar-refractivity contribution < 1.29 is 4.42 Å². The third-order valence-corrected chi connectivity index (χ3v) is 3.63. The van der Waals surface area contributed by atoms with E-state index in [-0.39, 0.29) is 6.04 Å². The van der Waals surface area contributed by atoms with Crippen molar-refractivity contribution in [2.45, 2.75) is 38.3 Å². The van der Waals surface area contributed by atoms with Crippen LogP contribution >= 0.6 is 0 Å². The van der Waals surface area contributed by atoms with Crippen LogP contribution in [0.15, 0.2) is 10.7 Å². The fraction of sp³-hybridized carbons (Fsp3) is 0.583. The van der Waals surface area contributed by atoms with Crippen LogP contribution in [-0.4, -0.2) is 26.3 Å². The molecule has 1 saturated carbocycles. The Morgan fingerprint density at radius 3 is 3.11 bits per heavy atom. The molecule has 18 heavy (non-hydrogen) atoms. The van der Waals surface area contributed by atoms with Crippen LogP contribution in [0, 0.1) is 0 Å². The Labute approximate surface area is 104 Å². The van der Waals surface area contributed by atoms with Crippen LogP contribution in [0.3, 0.4) is 0 Å². The lowest BCUT2D eigenvalue weighted by Crippen LogP contribution is -2.32. The minimum Gasteiger partial charge on any atom is -0.448 e. The van der Waals surface area contributed by atoms with E-state index in [1.807, 2.05) is 0 Å². The first kappa shape index (κ1) is 10.3. The van der Waals surface area contributed by atoms with Crippen molar-refractivity contribution in [2.75, 3.05) is 6.54 Å². The Hall–Kier alpha value is -1.69. The van der Waals surface area contributed by atoms with Crippen LogP contribution in [0.5, 0.6) is 0 Å². The zero-order chi connectivity index (χ0) is 12.1. The molecular formula is C12H15N5O. The van der Waals surface area contributed by atoms with Gasteiger partial charge in [-0.2, -0.15) is 0 Å². The number of nitrogens with zero attached hydrogens (tertiary/aromatic N) is 4. The summed E-state index contributed by atoms with van der Waals surface area (Å²) in [5.74, 6) is 3.19. The molecule has 3 heterocycles. The second kappa shape index (κ2) is 3.65. The summed E-state index contributed by atoms with van der Waals surface area (Å²) in [6.07, 6.45) is 4.09. The molecule has 2 aromatic rings. The molecule has 6 heteroatoms. The van der Waals surface area contributed by atoms with Gasteiger partial charge in [0.05, 0.1) is 6.04 Å². The van der Waals surface area contributed by atoms with E-state index in [2.05, 4.69) is 32.0 Å². The number of hydrogen-bond donors (Lipinski definition) is 1. The molecular weight excluding hydrogens is 230 g/mol. The fourth-order valence-electron chi connectivity index (χ4n) is 2.44. The van der Waals surface area contributed by atoms with E-state index in [9.17, 15) is 0 Å². The first-order valence-electron chi connectivity index (χ1n) is 6.45. The van der Waals surface area contributed by atoms with Gasteiger partial charge >= 0.3 is 0 Å². The molecule has 1 aliphatic heterocycles. The van der Waals surface area contributed by atoms with Crippen LogP contribution in [-0.2, 0) is 6.54 Å². The van der Waals surface area contributed by atoms with Crippen molar-refractivity contribution in [3.05, 3.63) is 18.0 Å². The zero-order valence-corrected chi connectivity index (χ0v) is 10.3. The van der Waals surface area contributed by atoms with E-state index in [1.54, 1.807) is 6.26 Å². The van der Waals surface area contributed by atoms with Gasteiger partial charge in [0.2, 0.25) is 0 Å². The summed E-state index contributed by atoms with van der Waals surface area (Å²) < 4.78 is 7.66. The van der Waals surface area contributed by atoms with Gasteiger partial charge in [-0.3, -0.25) is 0 Å². The van der Waals surface area contributed by atoms with E-state index in [1.165, 1.54) is 12.8 Å². The predicted molar refractivity (Wildman–Crippen MR) is 63.9 cm³/mol. The van der Waals surface area contributed by atoms with Gasteiger partial charge in [-0.1, -0.05) is 0 Å². The molecule has 4 rings (SSSR count). The van der Waals surface area contributed by atoms with E-state index < -0.39 is 0 Å². The van der Waals surface area contributed by atoms with Gasteiger partial charge in [0.25, 0.3) is 0 Å². The standard InChI is InChI=1S/C12H15N5O/c1-7-10-15-16-11(17(10)5-4-13-7)9-6-18-12(14-9)8-2-3-8/h6-8,13H,2-5H2,1H3/t7-/m0/s1. The molecule has 0 radical (unpaired) electrons. The van der Waals surface area contributed by atoms with Gasteiger partial charge in [-0.05, 0) is 19.8 Å². The third kappa shape index (κ3) is 1.49. The SMILES string of the molecule is C[C@@H]1NCCn2c(-c3coc(C4CC4)n3)nnc21. The lowest BCUT2D eigenvalue weighted by molar-refractivity contribution is 0.438. The molecule has 0 unspecified atom stereocenters. The van der Waals surface area contributed by atoms with E-state index >= 15 is 0 Å². The second-order valence-corrected chi connectivity index (χ2v) is 5.05. The molecule has 0 saturated heterocycles. The summed E-state index contributed by atoms with van der Waals surface area (Å²) in [5, 5.41) is 11.9. The molecule has 0 spiro atoms. The van der Waals surface area contributed by atoms with E-state index in [4.69, 9.17) is 4.42 Å². The number of oxazole rings is 1. The summed E-state index contributed by atoms with van der Waals surface area (Å²) in [6, 6.07) is 0.245. The third-order valence-electron chi connectivity index (χ3n) is 3.63. The maximum Gasteiger partial charge on any atom is 0.197 e. The molecule has 0 aromatic carbocycles. The highest BCUT2D eigenvalue weighted by Gasteiger charge is 2.30. The summed E-state index contributed by atoms with van der Waals surface area (Å²) in [6.45, 7) is 3.92. The molecule has 2 aliphatic rings. The largest absolute Gasteiger partial charge is 0.448 e. The Kier molecular flexibility index (Phi) is 2.08. The number of fused-ring (bicyclic) bond motifs is 1. The zero-order valence-electron chi connectivity index (χ0n) is 10.3. The Balaban J connectivity index is 1.75. The maximum atomic E-state index is 5.52. The normalized spacial score (nSPS) is 23.1. The van der Waals surface area contributed by atoms with Crippen LogP contribution < -0.4 is 5.32 Å². The van der Waals surface area contributed by atoms with Crippen LogP contribution in [0.2, 0.25) is 0 Å². The number of rotatable bonds is 2. The van der Waals surface area contributed by atoms with Gasteiger partial charge in [0, 0.05) is 19.0 Å². The topological polar surface area (TPSA) is 68.8 Å². The lowest BCUT2D eigenvalue weighted by atomic mass is 10.2. The highest BCUT2D eigenvalue weighted by Crippen LogP contribution is 2.40. The van der Waals surface area contributed by atoms with Gasteiger partial charge < -0.3 is 14.3 Å². The van der Waals surface area contributed by atoms with E-state index in [0.717, 1.165) is 36.3 Å². The molecule has 1 atom stereocenters. The average molecular weight is 245 g/mol. The minimum absolute atomic E-state index is 0.245. The van der Waals surface area contributed by atoms with Crippen molar-refractivity contribution in [3.63, 3.8) is 0 Å². The Bertz CT molecular complexity index is 583. The van der Waals surface area contributed by atoms with Crippen LogP contribution in [0.25, 0.3) is 11.5 Å². The first-order chi connectivity index (χ1) is 8.83. The van der Waals surface area contributed by atoms with Gasteiger partial charge in [-0.25, -0.2) is 4.98 Å². The lowest BCUT2D eigenvalue weighted by Gasteiger charge is -2.21. The molecule has 6 nitrogen and oxygen atoms in total. The number of aromatic nitrogens is 4.